The van der Waals surface area contributed by atoms with Crippen LogP contribution in [0.4, 0.5) is 4.39 Å². The lowest BCUT2D eigenvalue weighted by Gasteiger charge is -2.23. The molecular formula is C13H15Cl2F. The van der Waals surface area contributed by atoms with Gasteiger partial charge in [0.15, 0.2) is 0 Å². The van der Waals surface area contributed by atoms with Crippen LogP contribution in [0.15, 0.2) is 18.2 Å². The summed E-state index contributed by atoms with van der Waals surface area (Å²) in [5, 5.41) is 0.470. The third-order valence-electron chi connectivity index (χ3n) is 3.39. The van der Waals surface area contributed by atoms with Gasteiger partial charge in [-0.15, -0.1) is 11.6 Å². The van der Waals surface area contributed by atoms with E-state index >= 15 is 0 Å². The normalized spacial score (nSPS) is 29.6. The van der Waals surface area contributed by atoms with Gasteiger partial charge in [-0.1, -0.05) is 24.6 Å². The molecule has 0 amide bonds. The Morgan fingerprint density at radius 2 is 2.25 bits per heavy atom. The van der Waals surface area contributed by atoms with E-state index in [-0.39, 0.29) is 21.6 Å². The van der Waals surface area contributed by atoms with Gasteiger partial charge in [-0.3, -0.25) is 0 Å². The number of benzene rings is 1. The lowest BCUT2D eigenvalue weighted by Crippen LogP contribution is -2.15. The fourth-order valence-corrected chi connectivity index (χ4v) is 3.15. The van der Waals surface area contributed by atoms with Crippen LogP contribution in [0, 0.1) is 11.2 Å². The van der Waals surface area contributed by atoms with Crippen LogP contribution in [0.3, 0.4) is 0 Å². The molecular weight excluding hydrogens is 246 g/mol. The Bertz CT molecular complexity index is 392. The molecule has 3 heteroatoms. The van der Waals surface area contributed by atoms with Crippen molar-refractivity contribution in [3.05, 3.63) is 34.6 Å². The number of halogens is 3. The van der Waals surface area contributed by atoms with Crippen molar-refractivity contribution in [3.8, 4) is 0 Å². The first-order valence-electron chi connectivity index (χ1n) is 5.56. The first-order chi connectivity index (χ1) is 7.48. The molecule has 16 heavy (non-hydrogen) atoms. The highest BCUT2D eigenvalue weighted by atomic mass is 35.5. The van der Waals surface area contributed by atoms with E-state index in [0.29, 0.717) is 0 Å². The lowest BCUT2D eigenvalue weighted by atomic mass is 9.82. The minimum atomic E-state index is -0.330. The highest BCUT2D eigenvalue weighted by Crippen LogP contribution is 2.42. The van der Waals surface area contributed by atoms with Crippen molar-refractivity contribution in [2.24, 2.45) is 5.41 Å². The number of hydrogen-bond acceptors (Lipinski definition) is 0. The summed E-state index contributed by atoms with van der Waals surface area (Å²) in [6.07, 6.45) is 4.07. The van der Waals surface area contributed by atoms with E-state index in [2.05, 4.69) is 6.92 Å². The molecule has 0 bridgehead atoms. The van der Waals surface area contributed by atoms with E-state index in [1.54, 1.807) is 6.07 Å². The maximum absolute atomic E-state index is 13.3. The van der Waals surface area contributed by atoms with Gasteiger partial charge >= 0.3 is 0 Å². The summed E-state index contributed by atoms with van der Waals surface area (Å²) in [6.45, 7) is 2.22. The molecule has 1 aromatic rings. The largest absolute Gasteiger partial charge is 0.205 e. The third kappa shape index (κ3) is 2.70. The van der Waals surface area contributed by atoms with Crippen molar-refractivity contribution in [3.63, 3.8) is 0 Å². The minimum absolute atomic E-state index is 0.190. The molecule has 2 rings (SSSR count). The van der Waals surface area contributed by atoms with E-state index in [0.717, 1.165) is 31.2 Å². The second-order valence-corrected chi connectivity index (χ2v) is 6.10. The van der Waals surface area contributed by atoms with Gasteiger partial charge in [-0.25, -0.2) is 4.39 Å². The van der Waals surface area contributed by atoms with Crippen molar-refractivity contribution in [2.75, 3.05) is 0 Å². The molecule has 1 saturated carbocycles. The Kier molecular flexibility index (Phi) is 3.46. The molecule has 0 aliphatic heterocycles. The first-order valence-corrected chi connectivity index (χ1v) is 6.38. The van der Waals surface area contributed by atoms with E-state index in [1.165, 1.54) is 6.07 Å². The molecule has 0 heterocycles. The van der Waals surface area contributed by atoms with Crippen LogP contribution in [0.1, 0.15) is 31.7 Å². The fraction of sp³-hybridized carbons (Fsp3) is 0.538. The van der Waals surface area contributed by atoms with Gasteiger partial charge in [0.1, 0.15) is 5.82 Å². The fourth-order valence-electron chi connectivity index (χ4n) is 2.55. The average molecular weight is 261 g/mol. The van der Waals surface area contributed by atoms with Gasteiger partial charge in [0.2, 0.25) is 0 Å². The molecule has 0 nitrogen and oxygen atoms in total. The maximum atomic E-state index is 13.3. The van der Waals surface area contributed by atoms with Crippen molar-refractivity contribution >= 4 is 23.2 Å². The molecule has 88 valence electrons. The molecule has 0 spiro atoms. The van der Waals surface area contributed by atoms with Crippen LogP contribution in [0.25, 0.3) is 0 Å². The van der Waals surface area contributed by atoms with Gasteiger partial charge in [0, 0.05) is 5.38 Å². The van der Waals surface area contributed by atoms with Crippen molar-refractivity contribution < 1.29 is 4.39 Å². The van der Waals surface area contributed by atoms with Crippen LogP contribution in [-0.2, 0) is 6.42 Å². The Balaban J connectivity index is 2.12. The number of alkyl halides is 1. The minimum Gasteiger partial charge on any atom is -0.205 e. The van der Waals surface area contributed by atoms with E-state index < -0.39 is 0 Å². The van der Waals surface area contributed by atoms with Crippen LogP contribution >= 0.6 is 23.2 Å². The highest BCUT2D eigenvalue weighted by molar-refractivity contribution is 6.30. The smallest absolute Gasteiger partial charge is 0.142 e. The summed E-state index contributed by atoms with van der Waals surface area (Å²) in [6, 6.07) is 5.07. The maximum Gasteiger partial charge on any atom is 0.142 e. The van der Waals surface area contributed by atoms with Crippen molar-refractivity contribution in [1.82, 2.24) is 0 Å². The molecule has 0 radical (unpaired) electrons. The highest BCUT2D eigenvalue weighted by Gasteiger charge is 2.34. The standard InChI is InChI=1S/C13H15Cl2F/c1-13(5-4-10(14)8-13)7-9-2-3-11(15)12(16)6-9/h2-3,6,10H,4-5,7-8H2,1H3. The Hall–Kier alpha value is -0.270. The summed E-state index contributed by atoms with van der Waals surface area (Å²) in [5.41, 5.74) is 1.22. The number of rotatable bonds is 2. The Morgan fingerprint density at radius 1 is 1.50 bits per heavy atom. The Morgan fingerprint density at radius 3 is 2.81 bits per heavy atom. The molecule has 1 aliphatic rings. The van der Waals surface area contributed by atoms with Gasteiger partial charge in [0.05, 0.1) is 5.02 Å². The first kappa shape index (κ1) is 12.2. The molecule has 1 aromatic carbocycles. The zero-order valence-electron chi connectivity index (χ0n) is 9.27. The van der Waals surface area contributed by atoms with Gasteiger partial charge in [0.25, 0.3) is 0 Å². The third-order valence-corrected chi connectivity index (χ3v) is 4.07. The van der Waals surface area contributed by atoms with Crippen molar-refractivity contribution in [2.45, 2.75) is 38.0 Å². The molecule has 0 N–H and O–H groups in total. The summed E-state index contributed by atoms with van der Waals surface area (Å²) in [7, 11) is 0. The lowest BCUT2D eigenvalue weighted by molar-refractivity contribution is 0.334. The molecule has 2 unspecified atom stereocenters. The van der Waals surface area contributed by atoms with Crippen LogP contribution in [-0.4, -0.2) is 5.38 Å². The second kappa shape index (κ2) is 4.54. The molecule has 0 aromatic heterocycles. The molecule has 1 fully saturated rings. The van der Waals surface area contributed by atoms with Crippen LogP contribution in [0.2, 0.25) is 5.02 Å². The van der Waals surface area contributed by atoms with Crippen LogP contribution in [0.5, 0.6) is 0 Å². The monoisotopic (exact) mass is 260 g/mol. The summed E-state index contributed by atoms with van der Waals surface area (Å²) in [5.74, 6) is -0.330. The van der Waals surface area contributed by atoms with Crippen molar-refractivity contribution in [1.29, 1.82) is 0 Å². The predicted octanol–water partition coefficient (Wildman–Crippen LogP) is 4.82. The molecule has 1 aliphatic carbocycles. The van der Waals surface area contributed by atoms with Crippen LogP contribution < -0.4 is 0 Å². The van der Waals surface area contributed by atoms with Gasteiger partial charge in [-0.2, -0.15) is 0 Å². The zero-order chi connectivity index (χ0) is 11.8. The Labute approximate surface area is 106 Å². The summed E-state index contributed by atoms with van der Waals surface area (Å²) >= 11 is 11.8. The van der Waals surface area contributed by atoms with Gasteiger partial charge < -0.3 is 0 Å². The molecule has 0 saturated heterocycles. The SMILES string of the molecule is CC1(Cc2ccc(Cl)c(F)c2)CCC(Cl)C1. The average Bonchev–Trinajstić information content (AvgIpc) is 2.52. The zero-order valence-corrected chi connectivity index (χ0v) is 10.8. The van der Waals surface area contributed by atoms with Gasteiger partial charge in [-0.05, 0) is 48.8 Å². The molecule has 2 atom stereocenters. The van der Waals surface area contributed by atoms with E-state index in [4.69, 9.17) is 23.2 Å². The second-order valence-electron chi connectivity index (χ2n) is 5.08. The predicted molar refractivity (Wildman–Crippen MR) is 66.7 cm³/mol. The topological polar surface area (TPSA) is 0 Å². The summed E-state index contributed by atoms with van der Waals surface area (Å²) < 4.78 is 13.3. The summed E-state index contributed by atoms with van der Waals surface area (Å²) in [4.78, 5) is 0. The van der Waals surface area contributed by atoms with E-state index in [1.807, 2.05) is 6.07 Å². The van der Waals surface area contributed by atoms with E-state index in [9.17, 15) is 4.39 Å². The number of hydrogen-bond donors (Lipinski definition) is 0. The quantitative estimate of drug-likeness (QED) is 0.669.